The lowest BCUT2D eigenvalue weighted by molar-refractivity contribution is -0.121. The van der Waals surface area contributed by atoms with Crippen LogP contribution < -0.4 is 10.2 Å². The van der Waals surface area contributed by atoms with E-state index in [1.54, 1.807) is 12.1 Å². The summed E-state index contributed by atoms with van der Waals surface area (Å²) in [5.41, 5.74) is 2.73. The molecule has 4 nitrogen and oxygen atoms in total. The zero-order valence-electron chi connectivity index (χ0n) is 13.3. The fourth-order valence-corrected chi connectivity index (χ4v) is 2.76. The first kappa shape index (κ1) is 15.3. The number of nitrogens with zero attached hydrogens (tertiary/aromatic N) is 1. The Kier molecular flexibility index (Phi) is 4.15. The topological polar surface area (TPSA) is 49.4 Å². The van der Waals surface area contributed by atoms with Crippen LogP contribution in [0, 0.1) is 0 Å². The van der Waals surface area contributed by atoms with E-state index in [4.69, 9.17) is 0 Å². The van der Waals surface area contributed by atoms with E-state index in [-0.39, 0.29) is 18.2 Å². The summed E-state index contributed by atoms with van der Waals surface area (Å²) in [4.78, 5) is 26.0. The van der Waals surface area contributed by atoms with Crippen LogP contribution in [0.1, 0.15) is 31.7 Å². The van der Waals surface area contributed by atoms with E-state index in [1.165, 1.54) is 10.5 Å². The monoisotopic (exact) mass is 308 g/mol. The highest BCUT2D eigenvalue weighted by Gasteiger charge is 2.39. The van der Waals surface area contributed by atoms with Gasteiger partial charge in [-0.05, 0) is 35.7 Å². The van der Waals surface area contributed by atoms with Gasteiger partial charge in [0.15, 0.2) is 0 Å². The van der Waals surface area contributed by atoms with Crippen LogP contribution in [0.4, 0.5) is 11.4 Å². The molecule has 2 aromatic rings. The Bertz CT molecular complexity index is 708. The molecule has 118 valence electrons. The second-order valence-electron chi connectivity index (χ2n) is 6.08. The van der Waals surface area contributed by atoms with Gasteiger partial charge in [0.05, 0.1) is 12.1 Å². The maximum atomic E-state index is 12.5. The summed E-state index contributed by atoms with van der Waals surface area (Å²) < 4.78 is 0. The number of rotatable bonds is 4. The standard InChI is InChI=1S/C19H20N2O2/c1-13(2)14-8-10-15(11-9-14)20-17-12-18(22)21(19(17)23)16-6-4-3-5-7-16/h3-11,13,17,20H,12H2,1-2H3/t17-/m1/s1. The molecule has 3 rings (SSSR count). The van der Waals surface area contributed by atoms with Crippen molar-refractivity contribution in [2.24, 2.45) is 0 Å². The predicted octanol–water partition coefficient (Wildman–Crippen LogP) is 3.55. The molecule has 4 heteroatoms. The number of anilines is 2. The highest BCUT2D eigenvalue weighted by atomic mass is 16.2. The Morgan fingerprint density at radius 3 is 2.26 bits per heavy atom. The molecule has 2 amide bonds. The van der Waals surface area contributed by atoms with E-state index in [0.29, 0.717) is 11.6 Å². The summed E-state index contributed by atoms with van der Waals surface area (Å²) in [6.45, 7) is 4.28. The molecule has 0 unspecified atom stereocenters. The minimum absolute atomic E-state index is 0.169. The maximum Gasteiger partial charge on any atom is 0.256 e. The fraction of sp³-hybridized carbons (Fsp3) is 0.263. The summed E-state index contributed by atoms with van der Waals surface area (Å²) >= 11 is 0. The van der Waals surface area contributed by atoms with E-state index in [1.807, 2.05) is 42.5 Å². The van der Waals surface area contributed by atoms with Gasteiger partial charge in [-0.1, -0.05) is 44.2 Å². The largest absolute Gasteiger partial charge is 0.373 e. The lowest BCUT2D eigenvalue weighted by Gasteiger charge is -2.16. The van der Waals surface area contributed by atoms with E-state index in [9.17, 15) is 9.59 Å². The number of carbonyl (C=O) groups excluding carboxylic acids is 2. The Morgan fingerprint density at radius 1 is 1.00 bits per heavy atom. The predicted molar refractivity (Wildman–Crippen MR) is 91.5 cm³/mol. The van der Waals surface area contributed by atoms with Crippen LogP contribution in [-0.4, -0.2) is 17.9 Å². The molecular formula is C19H20N2O2. The molecule has 0 spiro atoms. The number of para-hydroxylation sites is 1. The van der Waals surface area contributed by atoms with Crippen LogP contribution in [0.25, 0.3) is 0 Å². The normalized spacial score (nSPS) is 17.9. The minimum Gasteiger partial charge on any atom is -0.373 e. The molecule has 2 aromatic carbocycles. The van der Waals surface area contributed by atoms with Crippen molar-refractivity contribution in [1.29, 1.82) is 0 Å². The molecule has 1 aliphatic rings. The second-order valence-corrected chi connectivity index (χ2v) is 6.08. The summed E-state index contributed by atoms with van der Waals surface area (Å²) in [6, 6.07) is 16.5. The van der Waals surface area contributed by atoms with Crippen LogP contribution in [0.5, 0.6) is 0 Å². The fourth-order valence-electron chi connectivity index (χ4n) is 2.76. The summed E-state index contributed by atoms with van der Waals surface area (Å²) in [6.07, 6.45) is 0.180. The zero-order valence-corrected chi connectivity index (χ0v) is 13.3. The highest BCUT2D eigenvalue weighted by molar-refractivity contribution is 6.23. The Labute approximate surface area is 136 Å². The smallest absolute Gasteiger partial charge is 0.256 e. The molecule has 0 aliphatic carbocycles. The first-order chi connectivity index (χ1) is 11.1. The molecule has 0 saturated carbocycles. The Hall–Kier alpha value is -2.62. The van der Waals surface area contributed by atoms with Crippen molar-refractivity contribution in [3.8, 4) is 0 Å². The number of amides is 2. The van der Waals surface area contributed by atoms with Crippen molar-refractivity contribution in [1.82, 2.24) is 0 Å². The number of hydrogen-bond donors (Lipinski definition) is 1. The van der Waals surface area contributed by atoms with E-state index >= 15 is 0 Å². The quantitative estimate of drug-likeness (QED) is 0.879. The summed E-state index contributed by atoms with van der Waals surface area (Å²) in [5, 5.41) is 3.17. The minimum atomic E-state index is -0.507. The Balaban J connectivity index is 1.75. The third-order valence-corrected chi connectivity index (χ3v) is 4.08. The van der Waals surface area contributed by atoms with Gasteiger partial charge in [-0.15, -0.1) is 0 Å². The molecule has 0 bridgehead atoms. The summed E-state index contributed by atoms with van der Waals surface area (Å²) in [5.74, 6) is 0.0962. The average Bonchev–Trinajstić information content (AvgIpc) is 2.82. The number of imide groups is 1. The molecule has 1 saturated heterocycles. The van der Waals surface area contributed by atoms with Gasteiger partial charge in [-0.2, -0.15) is 0 Å². The van der Waals surface area contributed by atoms with Crippen molar-refractivity contribution >= 4 is 23.2 Å². The van der Waals surface area contributed by atoms with Crippen molar-refractivity contribution in [3.05, 3.63) is 60.2 Å². The molecular weight excluding hydrogens is 288 g/mol. The van der Waals surface area contributed by atoms with Crippen LogP contribution in [0.2, 0.25) is 0 Å². The summed E-state index contributed by atoms with van der Waals surface area (Å²) in [7, 11) is 0. The van der Waals surface area contributed by atoms with Gasteiger partial charge >= 0.3 is 0 Å². The van der Waals surface area contributed by atoms with E-state index < -0.39 is 6.04 Å². The number of carbonyl (C=O) groups is 2. The molecule has 0 aromatic heterocycles. The average molecular weight is 308 g/mol. The van der Waals surface area contributed by atoms with Crippen molar-refractivity contribution in [2.45, 2.75) is 32.2 Å². The highest BCUT2D eigenvalue weighted by Crippen LogP contribution is 2.25. The van der Waals surface area contributed by atoms with Gasteiger partial charge in [0, 0.05) is 5.69 Å². The van der Waals surface area contributed by atoms with Gasteiger partial charge in [-0.25, -0.2) is 4.90 Å². The van der Waals surface area contributed by atoms with E-state index in [2.05, 4.69) is 19.2 Å². The SMILES string of the molecule is CC(C)c1ccc(N[C@@H]2CC(=O)N(c3ccccc3)C2=O)cc1. The van der Waals surface area contributed by atoms with Crippen molar-refractivity contribution in [2.75, 3.05) is 10.2 Å². The third-order valence-electron chi connectivity index (χ3n) is 4.08. The molecule has 1 aliphatic heterocycles. The zero-order chi connectivity index (χ0) is 16.4. The third kappa shape index (κ3) is 3.11. The molecule has 0 radical (unpaired) electrons. The lowest BCUT2D eigenvalue weighted by Crippen LogP contribution is -2.34. The van der Waals surface area contributed by atoms with Gasteiger partial charge in [-0.3, -0.25) is 9.59 Å². The first-order valence-corrected chi connectivity index (χ1v) is 7.84. The lowest BCUT2D eigenvalue weighted by atomic mass is 10.0. The maximum absolute atomic E-state index is 12.5. The molecule has 1 N–H and O–H groups in total. The number of nitrogens with one attached hydrogen (secondary N) is 1. The van der Waals surface area contributed by atoms with Gasteiger partial charge < -0.3 is 5.32 Å². The van der Waals surface area contributed by atoms with Crippen LogP contribution >= 0.6 is 0 Å². The van der Waals surface area contributed by atoms with Crippen LogP contribution in [-0.2, 0) is 9.59 Å². The van der Waals surface area contributed by atoms with Gasteiger partial charge in [0.2, 0.25) is 5.91 Å². The number of hydrogen-bond acceptors (Lipinski definition) is 3. The first-order valence-electron chi connectivity index (χ1n) is 7.84. The van der Waals surface area contributed by atoms with E-state index in [0.717, 1.165) is 5.69 Å². The van der Waals surface area contributed by atoms with Crippen molar-refractivity contribution < 1.29 is 9.59 Å². The molecule has 1 fully saturated rings. The number of benzene rings is 2. The van der Waals surface area contributed by atoms with Crippen LogP contribution in [0.15, 0.2) is 54.6 Å². The van der Waals surface area contributed by atoms with Crippen LogP contribution in [0.3, 0.4) is 0 Å². The molecule has 1 heterocycles. The Morgan fingerprint density at radius 2 is 1.65 bits per heavy atom. The van der Waals surface area contributed by atoms with Crippen molar-refractivity contribution in [3.63, 3.8) is 0 Å². The second kappa shape index (κ2) is 6.24. The van der Waals surface area contributed by atoms with Gasteiger partial charge in [0.1, 0.15) is 6.04 Å². The molecule has 23 heavy (non-hydrogen) atoms. The molecule has 1 atom stereocenters. The van der Waals surface area contributed by atoms with Gasteiger partial charge in [0.25, 0.3) is 5.91 Å².